The third kappa shape index (κ3) is 5.79. The second kappa shape index (κ2) is 8.39. The molecule has 0 aliphatic carbocycles. The SMILES string of the molecule is CCCCS(=O)(=O)NCCNc1cc(-n2nc(C)cc2C)nc(C)n1. The highest BCUT2D eigenvalue weighted by Crippen LogP contribution is 2.13. The summed E-state index contributed by atoms with van der Waals surface area (Å²) in [7, 11) is -3.20. The first-order valence-corrected chi connectivity index (χ1v) is 10.1. The normalized spacial score (nSPS) is 11.7. The Morgan fingerprint density at radius 2 is 1.88 bits per heavy atom. The highest BCUT2D eigenvalue weighted by molar-refractivity contribution is 7.89. The van der Waals surface area contributed by atoms with E-state index in [0.717, 1.165) is 17.8 Å². The summed E-state index contributed by atoms with van der Waals surface area (Å²) in [6, 6.07) is 3.79. The summed E-state index contributed by atoms with van der Waals surface area (Å²) in [6.45, 7) is 8.43. The van der Waals surface area contributed by atoms with Crippen molar-refractivity contribution in [2.45, 2.75) is 40.5 Å². The zero-order valence-electron chi connectivity index (χ0n) is 15.2. The number of anilines is 1. The topological polar surface area (TPSA) is 102 Å². The van der Waals surface area contributed by atoms with Crippen molar-refractivity contribution in [1.82, 2.24) is 24.5 Å². The molecule has 138 valence electrons. The first-order valence-electron chi connectivity index (χ1n) is 8.41. The van der Waals surface area contributed by atoms with Crippen LogP contribution in [-0.4, -0.2) is 47.0 Å². The Morgan fingerprint density at radius 3 is 2.52 bits per heavy atom. The molecule has 0 saturated heterocycles. The van der Waals surface area contributed by atoms with E-state index in [9.17, 15) is 8.42 Å². The molecule has 2 N–H and O–H groups in total. The summed E-state index contributed by atoms with van der Waals surface area (Å²) in [5, 5.41) is 7.56. The van der Waals surface area contributed by atoms with E-state index < -0.39 is 10.0 Å². The molecule has 25 heavy (non-hydrogen) atoms. The largest absolute Gasteiger partial charge is 0.369 e. The Bertz CT molecular complexity index is 816. The summed E-state index contributed by atoms with van der Waals surface area (Å²) in [5.41, 5.74) is 1.91. The van der Waals surface area contributed by atoms with Gasteiger partial charge < -0.3 is 5.32 Å². The van der Waals surface area contributed by atoms with Crippen molar-refractivity contribution in [2.24, 2.45) is 0 Å². The van der Waals surface area contributed by atoms with Gasteiger partial charge in [0.2, 0.25) is 10.0 Å². The summed E-state index contributed by atoms with van der Waals surface area (Å²) >= 11 is 0. The van der Waals surface area contributed by atoms with Gasteiger partial charge in [-0.1, -0.05) is 13.3 Å². The molecule has 0 radical (unpaired) electrons. The van der Waals surface area contributed by atoms with Gasteiger partial charge in [0.1, 0.15) is 11.6 Å². The summed E-state index contributed by atoms with van der Waals surface area (Å²) in [4.78, 5) is 8.76. The number of aromatic nitrogens is 4. The van der Waals surface area contributed by atoms with E-state index in [1.54, 1.807) is 10.7 Å². The number of nitrogens with one attached hydrogen (secondary N) is 2. The Balaban J connectivity index is 1.98. The molecule has 0 aromatic carbocycles. The van der Waals surface area contributed by atoms with Crippen LogP contribution in [0.2, 0.25) is 0 Å². The number of hydrogen-bond acceptors (Lipinski definition) is 6. The van der Waals surface area contributed by atoms with Gasteiger partial charge in [-0.25, -0.2) is 27.8 Å². The Kier molecular flexibility index (Phi) is 6.49. The molecule has 0 fully saturated rings. The maximum atomic E-state index is 11.8. The minimum atomic E-state index is -3.20. The highest BCUT2D eigenvalue weighted by Gasteiger charge is 2.10. The van der Waals surface area contributed by atoms with E-state index in [0.29, 0.717) is 37.0 Å². The van der Waals surface area contributed by atoms with Crippen molar-refractivity contribution in [3.8, 4) is 5.82 Å². The number of nitrogens with zero attached hydrogens (tertiary/aromatic N) is 4. The molecular formula is C16H26N6O2S. The third-order valence-corrected chi connectivity index (χ3v) is 5.04. The molecule has 2 rings (SSSR count). The van der Waals surface area contributed by atoms with Gasteiger partial charge in [0.05, 0.1) is 11.4 Å². The molecule has 9 heteroatoms. The van der Waals surface area contributed by atoms with E-state index >= 15 is 0 Å². The van der Waals surface area contributed by atoms with Crippen LogP contribution in [0.5, 0.6) is 0 Å². The molecule has 0 atom stereocenters. The molecule has 2 aromatic rings. The molecule has 2 heterocycles. The van der Waals surface area contributed by atoms with Crippen LogP contribution in [0, 0.1) is 20.8 Å². The molecule has 0 aliphatic heterocycles. The van der Waals surface area contributed by atoms with Gasteiger partial charge in [0, 0.05) is 24.8 Å². The van der Waals surface area contributed by atoms with Crippen LogP contribution < -0.4 is 10.0 Å². The predicted molar refractivity (Wildman–Crippen MR) is 98.6 cm³/mol. The average molecular weight is 366 g/mol. The van der Waals surface area contributed by atoms with Crippen LogP contribution in [0.1, 0.15) is 37.0 Å². The molecule has 0 unspecified atom stereocenters. The van der Waals surface area contributed by atoms with Gasteiger partial charge in [-0.3, -0.25) is 0 Å². The molecular weight excluding hydrogens is 340 g/mol. The lowest BCUT2D eigenvalue weighted by Gasteiger charge is -2.10. The standard InChI is InChI=1S/C16H26N6O2S/c1-5-6-9-25(23,24)18-8-7-17-15-11-16(20-14(4)19-15)22-13(3)10-12(2)21-22/h10-11,18H,5-9H2,1-4H3,(H,17,19,20). The van der Waals surface area contributed by atoms with Crippen LogP contribution in [0.4, 0.5) is 5.82 Å². The fourth-order valence-electron chi connectivity index (χ4n) is 2.42. The number of unbranched alkanes of at least 4 members (excludes halogenated alkanes) is 1. The number of hydrogen-bond donors (Lipinski definition) is 2. The smallest absolute Gasteiger partial charge is 0.211 e. The van der Waals surface area contributed by atoms with E-state index in [1.807, 2.05) is 33.8 Å². The van der Waals surface area contributed by atoms with Crippen molar-refractivity contribution in [3.05, 3.63) is 29.3 Å². The third-order valence-electron chi connectivity index (χ3n) is 3.57. The maximum Gasteiger partial charge on any atom is 0.211 e. The lowest BCUT2D eigenvalue weighted by Crippen LogP contribution is -2.31. The quantitative estimate of drug-likeness (QED) is 0.655. The minimum absolute atomic E-state index is 0.165. The molecule has 0 spiro atoms. The lowest BCUT2D eigenvalue weighted by molar-refractivity contribution is 0.579. The van der Waals surface area contributed by atoms with E-state index in [-0.39, 0.29) is 5.75 Å². The van der Waals surface area contributed by atoms with Crippen LogP contribution >= 0.6 is 0 Å². The fraction of sp³-hybridized carbons (Fsp3) is 0.562. The number of aryl methyl sites for hydroxylation is 3. The monoisotopic (exact) mass is 366 g/mol. The number of sulfonamides is 1. The van der Waals surface area contributed by atoms with Gasteiger partial charge in [-0.05, 0) is 33.3 Å². The second-order valence-corrected chi connectivity index (χ2v) is 7.92. The van der Waals surface area contributed by atoms with Crippen LogP contribution in [0.25, 0.3) is 5.82 Å². The minimum Gasteiger partial charge on any atom is -0.369 e. The zero-order valence-corrected chi connectivity index (χ0v) is 16.0. The molecule has 0 amide bonds. The zero-order chi connectivity index (χ0) is 18.4. The van der Waals surface area contributed by atoms with Crippen LogP contribution in [0.15, 0.2) is 12.1 Å². The van der Waals surface area contributed by atoms with E-state index in [1.165, 1.54) is 0 Å². The first-order chi connectivity index (χ1) is 11.8. The molecule has 0 bridgehead atoms. The second-order valence-electron chi connectivity index (χ2n) is 5.99. The first kappa shape index (κ1) is 19.3. The van der Waals surface area contributed by atoms with Gasteiger partial charge in [-0.15, -0.1) is 0 Å². The Labute approximate surface area is 149 Å². The van der Waals surface area contributed by atoms with Crippen molar-refractivity contribution in [3.63, 3.8) is 0 Å². The van der Waals surface area contributed by atoms with Crippen molar-refractivity contribution >= 4 is 15.8 Å². The molecule has 2 aromatic heterocycles. The average Bonchev–Trinajstić information content (AvgIpc) is 2.88. The molecule has 0 aliphatic rings. The van der Waals surface area contributed by atoms with Gasteiger partial charge in [-0.2, -0.15) is 5.10 Å². The highest BCUT2D eigenvalue weighted by atomic mass is 32.2. The summed E-state index contributed by atoms with van der Waals surface area (Å²) < 4.78 is 27.9. The van der Waals surface area contributed by atoms with Gasteiger partial charge >= 0.3 is 0 Å². The fourth-order valence-corrected chi connectivity index (χ4v) is 3.64. The lowest BCUT2D eigenvalue weighted by atomic mass is 10.4. The molecule has 0 saturated carbocycles. The van der Waals surface area contributed by atoms with Crippen LogP contribution in [-0.2, 0) is 10.0 Å². The Hall–Kier alpha value is -2.00. The van der Waals surface area contributed by atoms with Crippen molar-refractivity contribution in [2.75, 3.05) is 24.2 Å². The summed E-state index contributed by atoms with van der Waals surface area (Å²) in [6.07, 6.45) is 1.52. The van der Waals surface area contributed by atoms with Gasteiger partial charge in [0.25, 0.3) is 0 Å². The Morgan fingerprint density at radius 1 is 1.12 bits per heavy atom. The van der Waals surface area contributed by atoms with E-state index in [4.69, 9.17) is 0 Å². The van der Waals surface area contributed by atoms with Crippen molar-refractivity contribution in [1.29, 1.82) is 0 Å². The number of rotatable bonds is 9. The van der Waals surface area contributed by atoms with Gasteiger partial charge in [0.15, 0.2) is 5.82 Å². The summed E-state index contributed by atoms with van der Waals surface area (Å²) in [5.74, 6) is 2.11. The van der Waals surface area contributed by atoms with Crippen LogP contribution in [0.3, 0.4) is 0 Å². The van der Waals surface area contributed by atoms with Crippen molar-refractivity contribution < 1.29 is 8.42 Å². The maximum absolute atomic E-state index is 11.8. The molecule has 8 nitrogen and oxygen atoms in total. The van der Waals surface area contributed by atoms with E-state index in [2.05, 4.69) is 25.1 Å². The predicted octanol–water partition coefficient (Wildman–Crippen LogP) is 1.72.